The minimum atomic E-state index is 0.432. The van der Waals surface area contributed by atoms with Crippen LogP contribution >= 0.6 is 0 Å². The number of anilines is 1. The number of nitrogens with zero attached hydrogens (tertiary/aromatic N) is 2. The van der Waals surface area contributed by atoms with E-state index in [4.69, 9.17) is 0 Å². The fraction of sp³-hybridized carbons (Fsp3) is 0.786. The molecule has 0 saturated heterocycles. The number of aromatic nitrogens is 2. The Labute approximate surface area is 105 Å². The molecular weight excluding hydrogens is 210 g/mol. The largest absolute Gasteiger partial charge is 0.380 e. The molecule has 0 atom stereocenters. The van der Waals surface area contributed by atoms with Crippen LogP contribution in [-0.2, 0) is 7.05 Å². The van der Waals surface area contributed by atoms with Crippen LogP contribution in [-0.4, -0.2) is 15.8 Å². The Bertz CT molecular complexity index is 374. The molecule has 96 valence electrons. The van der Waals surface area contributed by atoms with Gasteiger partial charge in [0.05, 0.1) is 11.9 Å². The number of rotatable bonds is 2. The van der Waals surface area contributed by atoms with Crippen molar-refractivity contribution in [3.63, 3.8) is 0 Å². The van der Waals surface area contributed by atoms with Crippen LogP contribution in [0, 0.1) is 10.8 Å². The van der Waals surface area contributed by atoms with Gasteiger partial charge >= 0.3 is 0 Å². The summed E-state index contributed by atoms with van der Waals surface area (Å²) in [7, 11) is 1.96. The molecule has 3 heteroatoms. The second-order valence-electron chi connectivity index (χ2n) is 7.16. The zero-order chi connectivity index (χ0) is 12.7. The van der Waals surface area contributed by atoms with E-state index in [-0.39, 0.29) is 0 Å². The van der Waals surface area contributed by atoms with Gasteiger partial charge in [0.2, 0.25) is 0 Å². The van der Waals surface area contributed by atoms with Gasteiger partial charge in [-0.15, -0.1) is 0 Å². The van der Waals surface area contributed by atoms with Gasteiger partial charge in [-0.25, -0.2) is 0 Å². The molecule has 2 rings (SSSR count). The molecule has 0 unspecified atom stereocenters. The van der Waals surface area contributed by atoms with Gasteiger partial charge in [0.1, 0.15) is 0 Å². The number of hydrogen-bond donors (Lipinski definition) is 1. The molecule has 1 saturated carbocycles. The number of hydrogen-bond acceptors (Lipinski definition) is 2. The summed E-state index contributed by atoms with van der Waals surface area (Å²) in [5, 5.41) is 7.84. The molecule has 1 aliphatic rings. The molecule has 1 aromatic rings. The van der Waals surface area contributed by atoms with E-state index in [1.54, 1.807) is 0 Å². The van der Waals surface area contributed by atoms with Crippen LogP contribution < -0.4 is 5.32 Å². The second kappa shape index (κ2) is 4.04. The summed E-state index contributed by atoms with van der Waals surface area (Å²) in [6.45, 7) is 9.52. The first kappa shape index (κ1) is 12.5. The predicted molar refractivity (Wildman–Crippen MR) is 72.0 cm³/mol. The molecule has 1 aliphatic carbocycles. The van der Waals surface area contributed by atoms with Gasteiger partial charge in [-0.1, -0.05) is 27.7 Å². The normalized spacial score (nSPS) is 23.6. The quantitative estimate of drug-likeness (QED) is 0.851. The monoisotopic (exact) mass is 235 g/mol. The number of nitrogens with one attached hydrogen (secondary N) is 1. The summed E-state index contributed by atoms with van der Waals surface area (Å²) in [5.74, 6) is 0. The molecule has 0 radical (unpaired) electrons. The number of aryl methyl sites for hydroxylation is 1. The third-order valence-corrected chi connectivity index (χ3v) is 3.63. The predicted octanol–water partition coefficient (Wildman–Crippen LogP) is 3.44. The van der Waals surface area contributed by atoms with E-state index in [0.29, 0.717) is 16.9 Å². The van der Waals surface area contributed by atoms with Gasteiger partial charge in [-0.2, -0.15) is 5.10 Å². The van der Waals surface area contributed by atoms with Gasteiger partial charge in [0.25, 0.3) is 0 Å². The van der Waals surface area contributed by atoms with Crippen molar-refractivity contribution in [1.29, 1.82) is 0 Å². The summed E-state index contributed by atoms with van der Waals surface area (Å²) in [6, 6.07) is 0.568. The lowest BCUT2D eigenvalue weighted by atomic mass is 9.63. The lowest BCUT2D eigenvalue weighted by Crippen LogP contribution is -2.40. The topological polar surface area (TPSA) is 29.9 Å². The van der Waals surface area contributed by atoms with E-state index in [9.17, 15) is 0 Å². The smallest absolute Gasteiger partial charge is 0.0728 e. The summed E-state index contributed by atoms with van der Waals surface area (Å²) < 4.78 is 1.85. The Balaban J connectivity index is 2.06. The minimum absolute atomic E-state index is 0.432. The average Bonchev–Trinajstić information content (AvgIpc) is 2.44. The van der Waals surface area contributed by atoms with Crippen LogP contribution in [0.1, 0.15) is 47.0 Å². The van der Waals surface area contributed by atoms with Gasteiger partial charge in [0, 0.05) is 19.3 Å². The Morgan fingerprint density at radius 3 is 2.29 bits per heavy atom. The molecule has 1 heterocycles. The maximum absolute atomic E-state index is 4.21. The van der Waals surface area contributed by atoms with Crippen molar-refractivity contribution in [3.05, 3.63) is 12.4 Å². The fourth-order valence-corrected chi connectivity index (χ4v) is 3.68. The van der Waals surface area contributed by atoms with Crippen molar-refractivity contribution < 1.29 is 0 Å². The first-order chi connectivity index (χ1) is 7.76. The van der Waals surface area contributed by atoms with Crippen LogP contribution in [0.3, 0.4) is 0 Å². The molecule has 0 aliphatic heterocycles. The second-order valence-corrected chi connectivity index (χ2v) is 7.16. The molecule has 0 amide bonds. The standard InChI is InChI=1S/C14H25N3/c1-13(2)6-11(7-14(3,4)10-13)16-12-8-15-17(5)9-12/h8-9,11,16H,6-7,10H2,1-5H3. The van der Waals surface area contributed by atoms with Crippen molar-refractivity contribution in [2.75, 3.05) is 5.32 Å². The van der Waals surface area contributed by atoms with Crippen molar-refractivity contribution >= 4 is 5.69 Å². The van der Waals surface area contributed by atoms with Crippen LogP contribution in [0.15, 0.2) is 12.4 Å². The van der Waals surface area contributed by atoms with Gasteiger partial charge in [0.15, 0.2) is 0 Å². The molecule has 1 N–H and O–H groups in total. The average molecular weight is 235 g/mol. The van der Waals surface area contributed by atoms with Gasteiger partial charge in [-0.3, -0.25) is 4.68 Å². The van der Waals surface area contributed by atoms with Gasteiger partial charge < -0.3 is 5.32 Å². The van der Waals surface area contributed by atoms with E-state index in [1.807, 2.05) is 17.9 Å². The summed E-state index contributed by atoms with van der Waals surface area (Å²) in [6.07, 6.45) is 7.76. The lowest BCUT2D eigenvalue weighted by molar-refractivity contribution is 0.105. The first-order valence-corrected chi connectivity index (χ1v) is 6.51. The lowest BCUT2D eigenvalue weighted by Gasteiger charge is -2.45. The zero-order valence-electron chi connectivity index (χ0n) is 11.7. The van der Waals surface area contributed by atoms with E-state index in [0.717, 1.165) is 5.69 Å². The van der Waals surface area contributed by atoms with Crippen LogP contribution in [0.4, 0.5) is 5.69 Å². The van der Waals surface area contributed by atoms with Crippen LogP contribution in [0.5, 0.6) is 0 Å². The highest BCUT2D eigenvalue weighted by atomic mass is 15.3. The molecule has 0 aromatic carbocycles. The third kappa shape index (κ3) is 3.24. The van der Waals surface area contributed by atoms with Crippen molar-refractivity contribution in [2.45, 2.75) is 53.0 Å². The Kier molecular flexibility index (Phi) is 2.96. The highest BCUT2D eigenvalue weighted by Crippen LogP contribution is 2.46. The van der Waals surface area contributed by atoms with Crippen LogP contribution in [0.2, 0.25) is 0 Å². The molecule has 1 fully saturated rings. The van der Waals surface area contributed by atoms with E-state index < -0.39 is 0 Å². The van der Waals surface area contributed by atoms with Crippen LogP contribution in [0.25, 0.3) is 0 Å². The summed E-state index contributed by atoms with van der Waals surface area (Å²) in [5.41, 5.74) is 2.01. The molecule has 0 spiro atoms. The molecular formula is C14H25N3. The van der Waals surface area contributed by atoms with Gasteiger partial charge in [-0.05, 0) is 30.1 Å². The summed E-state index contributed by atoms with van der Waals surface area (Å²) in [4.78, 5) is 0. The first-order valence-electron chi connectivity index (χ1n) is 6.51. The highest BCUT2D eigenvalue weighted by molar-refractivity contribution is 5.39. The van der Waals surface area contributed by atoms with Crippen molar-refractivity contribution in [2.24, 2.45) is 17.9 Å². The SMILES string of the molecule is Cn1cc(NC2CC(C)(C)CC(C)(C)C2)cn1. The fourth-order valence-electron chi connectivity index (χ4n) is 3.68. The molecule has 0 bridgehead atoms. The molecule has 3 nitrogen and oxygen atoms in total. The molecule has 1 aromatic heterocycles. The van der Waals surface area contributed by atoms with E-state index in [1.165, 1.54) is 19.3 Å². The Morgan fingerprint density at radius 1 is 1.24 bits per heavy atom. The third-order valence-electron chi connectivity index (χ3n) is 3.63. The molecule has 17 heavy (non-hydrogen) atoms. The van der Waals surface area contributed by atoms with E-state index in [2.05, 4.69) is 44.3 Å². The van der Waals surface area contributed by atoms with E-state index >= 15 is 0 Å². The maximum Gasteiger partial charge on any atom is 0.0728 e. The van der Waals surface area contributed by atoms with Crippen molar-refractivity contribution in [3.8, 4) is 0 Å². The summed E-state index contributed by atoms with van der Waals surface area (Å²) >= 11 is 0. The Hall–Kier alpha value is -0.990. The van der Waals surface area contributed by atoms with Crippen molar-refractivity contribution in [1.82, 2.24) is 9.78 Å². The Morgan fingerprint density at radius 2 is 1.82 bits per heavy atom. The maximum atomic E-state index is 4.21. The zero-order valence-corrected chi connectivity index (χ0v) is 11.7. The highest BCUT2D eigenvalue weighted by Gasteiger charge is 2.38. The minimum Gasteiger partial charge on any atom is -0.380 e.